The summed E-state index contributed by atoms with van der Waals surface area (Å²) >= 11 is 1.94. The van der Waals surface area contributed by atoms with Crippen LogP contribution in [0.25, 0.3) is 21.8 Å². The van der Waals surface area contributed by atoms with E-state index in [0.717, 1.165) is 50.4 Å². The van der Waals surface area contributed by atoms with Gasteiger partial charge in [0.05, 0.1) is 97.3 Å². The van der Waals surface area contributed by atoms with Gasteiger partial charge in [0, 0.05) is 160 Å². The second-order valence-corrected chi connectivity index (χ2v) is 43.9. The molecule has 19 atom stereocenters. The summed E-state index contributed by atoms with van der Waals surface area (Å²) in [7, 11) is -3.68. The first-order chi connectivity index (χ1) is 69.8. The first-order valence-electron chi connectivity index (χ1n) is 50.2. The van der Waals surface area contributed by atoms with Crippen molar-refractivity contribution >= 4 is 188 Å². The summed E-state index contributed by atoms with van der Waals surface area (Å²) < 4.78 is 15.2. The lowest BCUT2D eigenvalue weighted by Crippen LogP contribution is -2.55. The molecule has 2 aromatic carbocycles. The Bertz CT molecular complexity index is 5460. The molecule has 2 saturated heterocycles. The van der Waals surface area contributed by atoms with E-state index in [1.165, 1.54) is 0 Å². The van der Waals surface area contributed by atoms with Gasteiger partial charge in [0.2, 0.25) is 84.2 Å². The average molecular weight is 2100 g/mol. The van der Waals surface area contributed by atoms with Crippen LogP contribution in [0.5, 0.6) is 0 Å². The number of anilines is 1. The smallest absolute Gasteiger partial charge is 0.304 e. The highest BCUT2D eigenvalue weighted by Crippen LogP contribution is 2.41. The number of thioether (sulfide) groups is 2. The third kappa shape index (κ3) is 31.1. The second-order valence-electron chi connectivity index (χ2n) is 39.3. The number of H-pyrrole nitrogens is 2. The molecule has 4 bridgehead atoms. The standard InChI is InChI=1S/C99H135N18O27PS2/c1-9-50(5)86-75(123)33-55-31-65-63-30-54(19-21-67(63)109-96(65)146-48-69(107-78(126)42-102-94(140)88(52(7)11-3)111-80(128)44-100-90(55)136)73(121)35-57(37-84(132)133)98(142)116-46-61(119)40-71(116)92(138)113-86)29-60(118)17-15-25-104-145(144,28-14-13-27-115-82(130)23-24-83(115)131)105-26-16-18-77(125)106-59-20-22-68-64(39-59)66-32-56-34-76(124)87(51(6)10-2)114-93(139)72-41-62(120)47-117(72)99(143)58(38-85(134)135)36-74(122)70(49-147-97(66)110-68)108-79(127)43-103-95(141)89(53(8)12-4)112-81(129)45-101-91(56)137/h19-24,30,39,50-53,55-58,61-62,69-72,86-89,109-110,119-120H,9-18,25-29,31-38,40-49H2,1-8H3,(H,100,136)(H,101,137)(H,102,140)(H,103,141)(H,106,125)(H,107,126)(H,108,127)(H,111,128)(H,112,129)(H,113,138)(H,114,139)(H,132,133)(H,134,135)(H2,104,105,144)/t50?,51?,52-,53-,55+,56+,57-,58-,61+,62+,69-,70-,71-,72-,86-,87-,88-,89-,145?/m0/s1. The zero-order valence-electron chi connectivity index (χ0n) is 83.6. The van der Waals surface area contributed by atoms with Crippen LogP contribution in [0.3, 0.4) is 0 Å². The van der Waals surface area contributed by atoms with Gasteiger partial charge in [-0.25, -0.2) is 0 Å². The summed E-state index contributed by atoms with van der Waals surface area (Å²) in [4.78, 5) is 321. The summed E-state index contributed by atoms with van der Waals surface area (Å²) in [6.07, 6.45) is -4.89. The molecular formula is C99H135N18O27PS2. The summed E-state index contributed by atoms with van der Waals surface area (Å²) in [5, 5.41) is 79.2. The fraction of sp³-hybridized carbons (Fsp3) is 0.596. The third-order valence-electron chi connectivity index (χ3n) is 28.4. The van der Waals surface area contributed by atoms with Crippen molar-refractivity contribution in [2.75, 3.05) is 81.9 Å². The zero-order valence-corrected chi connectivity index (χ0v) is 86.2. The maximum absolute atomic E-state index is 15.2. The van der Waals surface area contributed by atoms with E-state index in [-0.39, 0.29) is 136 Å². The Labute approximate surface area is 857 Å². The molecule has 0 radical (unpaired) electrons. The number of ketones is 5. The number of hydrogen-bond donors (Lipinski definition) is 19. The van der Waals surface area contributed by atoms with Crippen LogP contribution in [-0.2, 0) is 129 Å². The average Bonchev–Trinajstić information content (AvgIpc) is 1.49. The quantitative estimate of drug-likeness (QED) is 0.0197. The highest BCUT2D eigenvalue weighted by molar-refractivity contribution is 7.99. The van der Waals surface area contributed by atoms with Crippen molar-refractivity contribution in [1.82, 2.24) is 88.0 Å². The number of carbonyl (C=O) groups is 22. The number of rotatable bonds is 30. The van der Waals surface area contributed by atoms with Crippen molar-refractivity contribution in [3.05, 3.63) is 65.2 Å². The molecular weight excluding hydrogens is 1970 g/mol. The van der Waals surface area contributed by atoms with E-state index in [9.17, 15) is 107 Å². The molecule has 2 aromatic heterocycles. The van der Waals surface area contributed by atoms with Gasteiger partial charge in [0.25, 0.3) is 11.8 Å². The molecule has 4 aromatic rings. The lowest BCUT2D eigenvalue weighted by Gasteiger charge is -2.31. The van der Waals surface area contributed by atoms with E-state index >= 15 is 23.7 Å². The van der Waals surface area contributed by atoms with Gasteiger partial charge in [-0.1, -0.05) is 87.1 Å². The van der Waals surface area contributed by atoms with Gasteiger partial charge in [-0.15, -0.1) is 23.5 Å². The van der Waals surface area contributed by atoms with Crippen LogP contribution in [0.15, 0.2) is 58.6 Å². The molecule has 7 aliphatic heterocycles. The van der Waals surface area contributed by atoms with E-state index in [0.29, 0.717) is 57.8 Å². The number of nitrogens with zero attached hydrogens (tertiary/aromatic N) is 3. The number of aliphatic hydroxyl groups is 2. The van der Waals surface area contributed by atoms with E-state index in [1.807, 2.05) is 0 Å². The number of imide groups is 1. The van der Waals surface area contributed by atoms with Crippen LogP contribution in [-0.4, -0.2) is 312 Å². The van der Waals surface area contributed by atoms with Crippen LogP contribution in [0.4, 0.5) is 5.69 Å². The lowest BCUT2D eigenvalue weighted by atomic mass is 9.86. The first kappa shape index (κ1) is 115. The first-order valence-corrected chi connectivity index (χ1v) is 54.1. The molecule has 19 N–H and O–H groups in total. The van der Waals surface area contributed by atoms with E-state index in [2.05, 4.69) is 78.6 Å². The number of amides is 15. The predicted octanol–water partition coefficient (Wildman–Crippen LogP) is 1.09. The van der Waals surface area contributed by atoms with Crippen molar-refractivity contribution in [2.24, 2.45) is 47.3 Å². The van der Waals surface area contributed by atoms with Crippen molar-refractivity contribution < 1.29 is 130 Å². The number of carboxylic acids is 2. The maximum atomic E-state index is 15.2. The summed E-state index contributed by atoms with van der Waals surface area (Å²) in [6, 6.07) is -1.45. The number of aliphatic carboxylic acids is 2. The number of hydrogen-bond acceptors (Lipinski definition) is 27. The Hall–Kier alpha value is -12.4. The number of carboxylic acid groups (broad SMARTS) is 2. The van der Waals surface area contributed by atoms with E-state index in [4.69, 9.17) is 0 Å². The van der Waals surface area contributed by atoms with Crippen molar-refractivity contribution in [1.29, 1.82) is 0 Å². The van der Waals surface area contributed by atoms with E-state index < -0.39 is 317 Å². The maximum Gasteiger partial charge on any atom is 0.304 e. The van der Waals surface area contributed by atoms with Gasteiger partial charge in [-0.05, 0) is 109 Å². The fourth-order valence-corrected chi connectivity index (χ4v) is 23.7. The molecule has 15 amide bonds. The Morgan fingerprint density at radius 2 is 0.871 bits per heavy atom. The number of aromatic nitrogens is 2. The number of aliphatic hydroxyl groups excluding tert-OH is 2. The van der Waals surface area contributed by atoms with Crippen LogP contribution in [0.1, 0.15) is 188 Å². The molecule has 48 heteroatoms. The van der Waals surface area contributed by atoms with Gasteiger partial charge in [-0.3, -0.25) is 125 Å². The molecule has 0 aliphatic carbocycles. The molecule has 0 spiro atoms. The SMILES string of the molecule is CCC(C)[C@@H]1NC(=O)[C@@H]2C[C@@H](O)CN2C(=O)[C@H](CC(=O)O)CC(=O)[C@@H]2CSc3[nH]c4ccc(CC(=O)CCCNP(=O)(CCCCN5C(=O)C=CC5=O)NCCCC(=O)Nc5ccc6[nH]c7c(c6c5)C[C@@H]5CC(=O)[C@H](C(C)CC)NC(=O)[C@@H]6C[C@@H](O)CN6C(=O)[C@H](CC(=O)O)CC(=O)[C@H](CS7)NC(=O)CNC(=O)[C@H]([C@@H](C)CC)NC(=O)CNC5=O)cc4c3C[C@H](CC1=O)C(=O)NCC(=O)N[C@@H]([C@@H](C)CC)C(=O)NCC(=O)N2. The number of benzene rings is 2. The molecule has 9 heterocycles. The summed E-state index contributed by atoms with van der Waals surface area (Å²) in [5.74, 6) is -27.4. The minimum atomic E-state index is -3.68. The highest BCUT2D eigenvalue weighted by Gasteiger charge is 2.48. The number of carbonyl (C=O) groups excluding carboxylic acids is 20. The van der Waals surface area contributed by atoms with Gasteiger partial charge >= 0.3 is 11.9 Å². The Kier molecular flexibility index (Phi) is 41.4. The molecule has 2 fully saturated rings. The van der Waals surface area contributed by atoms with E-state index in [1.54, 1.807) is 91.8 Å². The summed E-state index contributed by atoms with van der Waals surface area (Å²) in [6.45, 7) is 9.89. The minimum absolute atomic E-state index is 0.00658. The second kappa shape index (κ2) is 52.9. The minimum Gasteiger partial charge on any atom is -0.481 e. The fourth-order valence-electron chi connectivity index (χ4n) is 19.2. The molecule has 800 valence electrons. The molecule has 11 rings (SSSR count). The lowest BCUT2D eigenvalue weighted by molar-refractivity contribution is -0.148. The van der Waals surface area contributed by atoms with Crippen molar-refractivity contribution in [3.8, 4) is 0 Å². The largest absolute Gasteiger partial charge is 0.481 e. The van der Waals surface area contributed by atoms with Crippen molar-refractivity contribution in [3.63, 3.8) is 0 Å². The Morgan fingerprint density at radius 3 is 1.31 bits per heavy atom. The molecule has 3 unspecified atom stereocenters. The van der Waals surface area contributed by atoms with Gasteiger partial charge in [0.1, 0.15) is 30.0 Å². The van der Waals surface area contributed by atoms with Gasteiger partial charge in [0.15, 0.2) is 23.1 Å². The van der Waals surface area contributed by atoms with Crippen molar-refractivity contribution in [2.45, 2.75) is 261 Å². The molecule has 0 saturated carbocycles. The zero-order chi connectivity index (χ0) is 107. The number of fused-ring (bicyclic) bond motifs is 10. The number of aromatic amines is 2. The molecule has 147 heavy (non-hydrogen) atoms. The normalized spacial score (nSPS) is 26.1. The summed E-state index contributed by atoms with van der Waals surface area (Å²) in [5.41, 5.74) is 2.17. The third-order valence-corrected chi connectivity index (χ3v) is 33.1. The topological polar surface area (TPSA) is 671 Å². The highest BCUT2D eigenvalue weighted by atomic mass is 32.2. The van der Waals surface area contributed by atoms with Crippen LogP contribution in [0, 0.1) is 47.3 Å². The van der Waals surface area contributed by atoms with Crippen LogP contribution in [0.2, 0.25) is 0 Å². The molecule has 7 aliphatic rings. The van der Waals surface area contributed by atoms with Crippen LogP contribution < -0.4 is 68.7 Å². The predicted molar refractivity (Wildman–Crippen MR) is 535 cm³/mol. The Morgan fingerprint density at radius 1 is 0.463 bits per heavy atom. The van der Waals surface area contributed by atoms with Gasteiger partial charge < -0.3 is 98.7 Å². The van der Waals surface area contributed by atoms with Crippen LogP contribution >= 0.6 is 31.0 Å². The number of nitrogens with one attached hydrogen (secondary N) is 15. The Balaban J connectivity index is 0.840. The number of Topliss-reactive ketones (excluding diaryl/α,β-unsaturated/α-hetero) is 5. The van der Waals surface area contributed by atoms with Gasteiger partial charge in [-0.2, -0.15) is 0 Å². The monoisotopic (exact) mass is 2100 g/mol. The number of unbranched alkanes of at least 4 members (excludes halogenated alkanes) is 1. The molecule has 45 nitrogen and oxygen atoms in total.